The van der Waals surface area contributed by atoms with Gasteiger partial charge in [-0.25, -0.2) is 9.59 Å². The van der Waals surface area contributed by atoms with E-state index >= 15 is 0 Å². The molecular weight excluding hydrogens is 252 g/mol. The van der Waals surface area contributed by atoms with Gasteiger partial charge in [-0.3, -0.25) is 9.59 Å². The van der Waals surface area contributed by atoms with Crippen molar-refractivity contribution in [1.82, 2.24) is 0 Å². The van der Waals surface area contributed by atoms with Crippen molar-refractivity contribution in [2.45, 2.75) is 31.5 Å². The Morgan fingerprint density at radius 1 is 1.06 bits per heavy atom. The Bertz CT molecular complexity index is 354. The van der Waals surface area contributed by atoms with Crippen LogP contribution in [0.5, 0.6) is 0 Å². The molecule has 0 saturated heterocycles. The van der Waals surface area contributed by atoms with E-state index in [1.165, 1.54) is 0 Å². The van der Waals surface area contributed by atoms with Crippen LogP contribution in [0.3, 0.4) is 0 Å². The monoisotopic (exact) mass is 264 g/mol. The van der Waals surface area contributed by atoms with E-state index < -0.39 is 48.4 Å². The predicted molar refractivity (Wildman–Crippen MR) is 52.6 cm³/mol. The number of carboxylic acids is 3. The highest BCUT2D eigenvalue weighted by Crippen LogP contribution is 2.23. The van der Waals surface area contributed by atoms with Crippen molar-refractivity contribution < 1.29 is 44.3 Å². The second-order valence-corrected chi connectivity index (χ2v) is 3.54. The molecule has 1 atom stereocenters. The van der Waals surface area contributed by atoms with Gasteiger partial charge in [-0.1, -0.05) is 0 Å². The number of hydrogen-bond donors (Lipinski definition) is 4. The van der Waals surface area contributed by atoms with Gasteiger partial charge in [0.2, 0.25) is 5.60 Å². The molecular formula is C9H12O9. The average Bonchev–Trinajstić information content (AvgIpc) is 2.14. The maximum absolute atomic E-state index is 11.1. The van der Waals surface area contributed by atoms with Crippen molar-refractivity contribution in [2.75, 3.05) is 0 Å². The van der Waals surface area contributed by atoms with Gasteiger partial charge in [-0.2, -0.15) is 0 Å². The molecule has 0 fully saturated rings. The van der Waals surface area contributed by atoms with Gasteiger partial charge in [-0.05, 0) is 6.92 Å². The maximum Gasteiger partial charge on any atom is 0.349 e. The molecule has 0 aromatic rings. The lowest BCUT2D eigenvalue weighted by Gasteiger charge is -2.26. The van der Waals surface area contributed by atoms with E-state index in [2.05, 4.69) is 4.74 Å². The lowest BCUT2D eigenvalue weighted by molar-refractivity contribution is -0.190. The minimum absolute atomic E-state index is 0.969. The zero-order valence-electron chi connectivity index (χ0n) is 9.32. The lowest BCUT2D eigenvalue weighted by Crippen LogP contribution is -2.48. The minimum Gasteiger partial charge on any atom is -0.481 e. The zero-order valence-corrected chi connectivity index (χ0v) is 9.32. The Morgan fingerprint density at radius 3 is 1.67 bits per heavy atom. The Kier molecular flexibility index (Phi) is 5.24. The van der Waals surface area contributed by atoms with E-state index in [0.717, 1.165) is 6.92 Å². The van der Waals surface area contributed by atoms with E-state index in [4.69, 9.17) is 20.4 Å². The summed E-state index contributed by atoms with van der Waals surface area (Å²) in [5.41, 5.74) is -2.74. The standard InChI is InChI=1S/C9H12O9/c1-4(10)7(15)18-9(8(16)17,2-5(11)12)3-6(13)14/h4,10H,2-3H2,1H3,(H,11,12)(H,13,14)(H,16,17). The highest BCUT2D eigenvalue weighted by atomic mass is 16.6. The third-order valence-electron chi connectivity index (χ3n) is 1.90. The number of carbonyl (C=O) groups excluding carboxylic acids is 1. The third-order valence-corrected chi connectivity index (χ3v) is 1.90. The fourth-order valence-corrected chi connectivity index (χ4v) is 1.10. The Hall–Kier alpha value is -2.16. The summed E-state index contributed by atoms with van der Waals surface area (Å²) in [6.45, 7) is 0.969. The van der Waals surface area contributed by atoms with E-state index in [1.807, 2.05) is 0 Å². The summed E-state index contributed by atoms with van der Waals surface area (Å²) in [6, 6.07) is 0. The Balaban J connectivity index is 5.31. The van der Waals surface area contributed by atoms with Crippen LogP contribution in [0.2, 0.25) is 0 Å². The molecule has 18 heavy (non-hydrogen) atoms. The first-order chi connectivity index (χ1) is 8.10. The van der Waals surface area contributed by atoms with Gasteiger partial charge in [0, 0.05) is 0 Å². The fourth-order valence-electron chi connectivity index (χ4n) is 1.10. The van der Waals surface area contributed by atoms with Crippen molar-refractivity contribution in [1.29, 1.82) is 0 Å². The summed E-state index contributed by atoms with van der Waals surface area (Å²) >= 11 is 0. The number of carbonyl (C=O) groups is 4. The molecule has 0 aromatic carbocycles. The van der Waals surface area contributed by atoms with Crippen molar-refractivity contribution in [3.05, 3.63) is 0 Å². The molecule has 0 spiro atoms. The molecule has 0 aliphatic carbocycles. The lowest BCUT2D eigenvalue weighted by atomic mass is 9.95. The number of aliphatic hydroxyl groups is 1. The van der Waals surface area contributed by atoms with Gasteiger partial charge >= 0.3 is 23.9 Å². The fraction of sp³-hybridized carbons (Fsp3) is 0.556. The van der Waals surface area contributed by atoms with Crippen molar-refractivity contribution in [3.63, 3.8) is 0 Å². The van der Waals surface area contributed by atoms with Gasteiger partial charge in [0.1, 0.15) is 6.10 Å². The number of ether oxygens (including phenoxy) is 1. The molecule has 9 heteroatoms. The molecule has 0 aliphatic heterocycles. The molecule has 0 radical (unpaired) electrons. The highest BCUT2D eigenvalue weighted by Gasteiger charge is 2.47. The Morgan fingerprint density at radius 2 is 1.44 bits per heavy atom. The normalized spacial score (nSPS) is 12.6. The summed E-state index contributed by atoms with van der Waals surface area (Å²) in [6.07, 6.45) is -4.16. The predicted octanol–water partition coefficient (Wildman–Crippen LogP) is -1.32. The first-order valence-electron chi connectivity index (χ1n) is 4.68. The smallest absolute Gasteiger partial charge is 0.349 e. The highest BCUT2D eigenvalue weighted by molar-refractivity contribution is 5.91. The van der Waals surface area contributed by atoms with Crippen LogP contribution in [-0.4, -0.2) is 56.0 Å². The molecule has 0 bridgehead atoms. The van der Waals surface area contributed by atoms with Crippen LogP contribution in [0.25, 0.3) is 0 Å². The maximum atomic E-state index is 11.1. The van der Waals surface area contributed by atoms with E-state index in [-0.39, 0.29) is 0 Å². The first-order valence-corrected chi connectivity index (χ1v) is 4.68. The van der Waals surface area contributed by atoms with E-state index in [9.17, 15) is 19.2 Å². The van der Waals surface area contributed by atoms with E-state index in [1.54, 1.807) is 0 Å². The third kappa shape index (κ3) is 4.37. The van der Waals surface area contributed by atoms with Crippen LogP contribution in [0, 0.1) is 0 Å². The number of rotatable bonds is 7. The summed E-state index contributed by atoms with van der Waals surface area (Å²) in [5.74, 6) is -6.64. The van der Waals surface area contributed by atoms with Gasteiger partial charge in [0.05, 0.1) is 12.8 Å². The van der Waals surface area contributed by atoms with Crippen LogP contribution in [0.4, 0.5) is 0 Å². The van der Waals surface area contributed by atoms with Crippen molar-refractivity contribution in [2.24, 2.45) is 0 Å². The second kappa shape index (κ2) is 5.96. The van der Waals surface area contributed by atoms with E-state index in [0.29, 0.717) is 0 Å². The minimum atomic E-state index is -2.74. The topological polar surface area (TPSA) is 158 Å². The van der Waals surface area contributed by atoms with Crippen LogP contribution in [0.1, 0.15) is 19.8 Å². The first kappa shape index (κ1) is 15.8. The number of aliphatic hydroxyl groups excluding tert-OH is 1. The molecule has 1 unspecified atom stereocenters. The summed E-state index contributed by atoms with van der Waals surface area (Å²) in [5, 5.41) is 34.8. The largest absolute Gasteiger partial charge is 0.481 e. The molecule has 0 heterocycles. The quantitative estimate of drug-likeness (QED) is 0.409. The number of aliphatic carboxylic acids is 3. The van der Waals surface area contributed by atoms with Gasteiger partial charge in [-0.15, -0.1) is 0 Å². The van der Waals surface area contributed by atoms with Crippen LogP contribution < -0.4 is 0 Å². The Labute approximate surface area is 101 Å². The zero-order chi connectivity index (χ0) is 14.5. The average molecular weight is 264 g/mol. The molecule has 0 rings (SSSR count). The molecule has 102 valence electrons. The molecule has 9 nitrogen and oxygen atoms in total. The molecule has 0 aromatic heterocycles. The SMILES string of the molecule is CC(O)C(=O)OC(CC(=O)O)(CC(=O)O)C(=O)O. The van der Waals surface area contributed by atoms with Crippen molar-refractivity contribution >= 4 is 23.9 Å². The number of esters is 1. The van der Waals surface area contributed by atoms with Crippen LogP contribution in [-0.2, 0) is 23.9 Å². The molecule has 0 saturated carbocycles. The molecule has 0 amide bonds. The van der Waals surface area contributed by atoms with Gasteiger partial charge in [0.25, 0.3) is 0 Å². The number of carboxylic acid groups (broad SMARTS) is 3. The summed E-state index contributed by atoms with van der Waals surface area (Å²) < 4.78 is 4.33. The second-order valence-electron chi connectivity index (χ2n) is 3.54. The molecule has 0 aliphatic rings. The van der Waals surface area contributed by atoms with Crippen molar-refractivity contribution in [3.8, 4) is 0 Å². The number of hydrogen-bond acceptors (Lipinski definition) is 6. The van der Waals surface area contributed by atoms with Crippen LogP contribution >= 0.6 is 0 Å². The van der Waals surface area contributed by atoms with Gasteiger partial charge < -0.3 is 25.2 Å². The molecule has 4 N–H and O–H groups in total. The van der Waals surface area contributed by atoms with Crippen LogP contribution in [0.15, 0.2) is 0 Å². The summed E-state index contributed by atoms with van der Waals surface area (Å²) in [4.78, 5) is 43.2. The van der Waals surface area contributed by atoms with Gasteiger partial charge in [0.15, 0.2) is 0 Å². The summed E-state index contributed by atoms with van der Waals surface area (Å²) in [7, 11) is 0.